The Morgan fingerprint density at radius 1 is 1.64 bits per heavy atom. The third kappa shape index (κ3) is 5.62. The predicted octanol–water partition coefficient (Wildman–Crippen LogP) is 2.49. The van der Waals surface area contributed by atoms with Crippen LogP contribution in [0.3, 0.4) is 0 Å². The first-order valence-electron chi connectivity index (χ1n) is 4.95. The molecule has 1 saturated heterocycles. The Kier molecular flexibility index (Phi) is 7.09. The lowest BCUT2D eigenvalue weighted by Gasteiger charge is -2.21. The molecule has 0 aliphatic carbocycles. The molecule has 2 heterocycles. The second-order valence-electron chi connectivity index (χ2n) is 3.34. The van der Waals surface area contributed by atoms with Crippen LogP contribution in [0.25, 0.3) is 0 Å². The molecule has 1 N–H and O–H groups in total. The van der Waals surface area contributed by atoms with Crippen molar-refractivity contribution >= 4 is 23.1 Å². The van der Waals surface area contributed by atoms with Gasteiger partial charge in [-0.25, -0.2) is 0 Å². The van der Waals surface area contributed by atoms with Crippen molar-refractivity contribution in [1.82, 2.24) is 10.3 Å². The van der Waals surface area contributed by atoms with Gasteiger partial charge in [0, 0.05) is 11.6 Å². The van der Waals surface area contributed by atoms with Gasteiger partial charge >= 0.3 is 0 Å². The number of aromatic nitrogens is 1. The number of thioether (sulfide) groups is 1. The molecular weight excluding hydrogens is 212 g/mol. The quantitative estimate of drug-likeness (QED) is 0.845. The molecule has 0 saturated carbocycles. The van der Waals surface area contributed by atoms with E-state index in [1.165, 1.54) is 31.7 Å². The number of hydrogen-bond donors (Lipinski definition) is 1. The van der Waals surface area contributed by atoms with Gasteiger partial charge in [0.05, 0.1) is 5.51 Å². The lowest BCUT2D eigenvalue weighted by atomic mass is 10.0. The van der Waals surface area contributed by atoms with Crippen LogP contribution in [0.4, 0.5) is 0 Å². The summed E-state index contributed by atoms with van der Waals surface area (Å²) in [6, 6.07) is 0. The van der Waals surface area contributed by atoms with Gasteiger partial charge in [-0.05, 0) is 43.9 Å². The highest BCUT2D eigenvalue weighted by atomic mass is 32.2. The second kappa shape index (κ2) is 8.26. The number of thiazole rings is 1. The maximum Gasteiger partial charge on any atom is 0.0791 e. The smallest absolute Gasteiger partial charge is 0.0791 e. The Morgan fingerprint density at radius 3 is 3.00 bits per heavy atom. The van der Waals surface area contributed by atoms with E-state index >= 15 is 0 Å². The Morgan fingerprint density at radius 2 is 2.57 bits per heavy atom. The Hall–Kier alpha value is -0.0600. The van der Waals surface area contributed by atoms with Gasteiger partial charge in [-0.1, -0.05) is 0 Å². The molecule has 2 nitrogen and oxygen atoms in total. The van der Waals surface area contributed by atoms with E-state index < -0.39 is 0 Å². The highest BCUT2D eigenvalue weighted by Crippen LogP contribution is 2.13. The first-order chi connectivity index (χ1) is 6.93. The molecule has 0 bridgehead atoms. The molecule has 0 radical (unpaired) electrons. The highest BCUT2D eigenvalue weighted by Gasteiger charge is 2.10. The van der Waals surface area contributed by atoms with Crippen LogP contribution in [0.1, 0.15) is 12.8 Å². The number of nitrogens with one attached hydrogen (secondary N) is 1. The first-order valence-corrected chi connectivity index (χ1v) is 7.29. The maximum atomic E-state index is 3.74. The second-order valence-corrected chi connectivity index (χ2v) is 5.01. The van der Waals surface area contributed by atoms with Gasteiger partial charge in [-0.15, -0.1) is 11.3 Å². The van der Waals surface area contributed by atoms with Crippen molar-refractivity contribution in [3.63, 3.8) is 0 Å². The van der Waals surface area contributed by atoms with E-state index in [-0.39, 0.29) is 0 Å². The molecule has 14 heavy (non-hydrogen) atoms. The summed E-state index contributed by atoms with van der Waals surface area (Å²) in [6.07, 6.45) is 6.78. The topological polar surface area (TPSA) is 24.9 Å². The van der Waals surface area contributed by atoms with Crippen LogP contribution in [-0.4, -0.2) is 30.1 Å². The third-order valence-electron chi connectivity index (χ3n) is 2.15. The molecule has 1 unspecified atom stereocenters. The predicted molar refractivity (Wildman–Crippen MR) is 66.1 cm³/mol. The molecule has 2 rings (SSSR count). The molecule has 4 heteroatoms. The van der Waals surface area contributed by atoms with Crippen LogP contribution in [-0.2, 0) is 0 Å². The SMILES string of the molecule is CSCC1CCCNC1.c1cscn1. The standard InChI is InChI=1S/C7H15NS.C3H3NS/c1-9-6-7-3-2-4-8-5-7;1-2-5-3-4-1/h7-8H,2-6H2,1H3;1-3H. The number of rotatable bonds is 2. The van der Waals surface area contributed by atoms with Crippen molar-refractivity contribution < 1.29 is 0 Å². The van der Waals surface area contributed by atoms with E-state index in [9.17, 15) is 0 Å². The Balaban J connectivity index is 0.000000165. The molecule has 1 aliphatic rings. The van der Waals surface area contributed by atoms with Gasteiger partial charge in [0.2, 0.25) is 0 Å². The fraction of sp³-hybridized carbons (Fsp3) is 0.700. The van der Waals surface area contributed by atoms with E-state index in [0.717, 1.165) is 5.92 Å². The van der Waals surface area contributed by atoms with E-state index in [1.807, 2.05) is 17.1 Å². The van der Waals surface area contributed by atoms with Gasteiger partial charge in [-0.3, -0.25) is 4.98 Å². The molecule has 0 spiro atoms. The molecule has 0 aromatic carbocycles. The highest BCUT2D eigenvalue weighted by molar-refractivity contribution is 7.98. The fourth-order valence-electron chi connectivity index (χ4n) is 1.48. The van der Waals surface area contributed by atoms with E-state index in [2.05, 4.69) is 16.6 Å². The fourth-order valence-corrected chi connectivity index (χ4v) is 2.58. The van der Waals surface area contributed by atoms with Gasteiger partial charge in [-0.2, -0.15) is 11.8 Å². The minimum Gasteiger partial charge on any atom is -0.316 e. The lowest BCUT2D eigenvalue weighted by Crippen LogP contribution is -2.30. The van der Waals surface area contributed by atoms with Crippen molar-refractivity contribution in [2.24, 2.45) is 5.92 Å². The zero-order chi connectivity index (χ0) is 10.1. The summed E-state index contributed by atoms with van der Waals surface area (Å²) >= 11 is 3.57. The molecule has 1 aromatic rings. The minimum atomic E-state index is 0.953. The van der Waals surface area contributed by atoms with Crippen molar-refractivity contribution in [2.75, 3.05) is 25.1 Å². The third-order valence-corrected chi connectivity index (χ3v) is 3.48. The van der Waals surface area contributed by atoms with E-state index in [1.54, 1.807) is 23.0 Å². The first kappa shape index (κ1) is 12.0. The van der Waals surface area contributed by atoms with Crippen LogP contribution < -0.4 is 5.32 Å². The minimum absolute atomic E-state index is 0.953. The normalized spacial score (nSPS) is 21.1. The van der Waals surface area contributed by atoms with Crippen LogP contribution in [0.2, 0.25) is 0 Å². The number of piperidine rings is 1. The number of nitrogens with zero attached hydrogens (tertiary/aromatic N) is 1. The molecule has 1 aliphatic heterocycles. The van der Waals surface area contributed by atoms with E-state index in [0.29, 0.717) is 0 Å². The molecule has 1 atom stereocenters. The molecule has 80 valence electrons. The van der Waals surface area contributed by atoms with Gasteiger partial charge in [0.1, 0.15) is 0 Å². The summed E-state index contributed by atoms with van der Waals surface area (Å²) < 4.78 is 0. The summed E-state index contributed by atoms with van der Waals surface area (Å²) in [5, 5.41) is 5.34. The molecular formula is C10H18N2S2. The van der Waals surface area contributed by atoms with Crippen LogP contribution >= 0.6 is 23.1 Å². The zero-order valence-electron chi connectivity index (χ0n) is 8.61. The largest absolute Gasteiger partial charge is 0.316 e. The van der Waals surface area contributed by atoms with Gasteiger partial charge < -0.3 is 5.32 Å². The van der Waals surface area contributed by atoms with Gasteiger partial charge in [0.15, 0.2) is 0 Å². The summed E-state index contributed by atoms with van der Waals surface area (Å²) in [4.78, 5) is 3.74. The summed E-state index contributed by atoms with van der Waals surface area (Å²) in [7, 11) is 0. The van der Waals surface area contributed by atoms with Crippen molar-refractivity contribution in [1.29, 1.82) is 0 Å². The average molecular weight is 230 g/mol. The summed E-state index contributed by atoms with van der Waals surface area (Å²) in [5.41, 5.74) is 1.79. The van der Waals surface area contributed by atoms with Crippen molar-refractivity contribution in [2.45, 2.75) is 12.8 Å². The molecule has 1 aromatic heterocycles. The molecule has 0 amide bonds. The number of hydrogen-bond acceptors (Lipinski definition) is 4. The van der Waals surface area contributed by atoms with Crippen LogP contribution in [0.15, 0.2) is 17.1 Å². The van der Waals surface area contributed by atoms with Gasteiger partial charge in [0.25, 0.3) is 0 Å². The van der Waals surface area contributed by atoms with Crippen molar-refractivity contribution in [3.8, 4) is 0 Å². The van der Waals surface area contributed by atoms with Crippen LogP contribution in [0.5, 0.6) is 0 Å². The van der Waals surface area contributed by atoms with E-state index in [4.69, 9.17) is 0 Å². The maximum absolute atomic E-state index is 3.74. The zero-order valence-corrected chi connectivity index (χ0v) is 10.2. The lowest BCUT2D eigenvalue weighted by molar-refractivity contribution is 0.410. The molecule has 1 fully saturated rings. The monoisotopic (exact) mass is 230 g/mol. The Bertz CT molecular complexity index is 176. The summed E-state index contributed by atoms with van der Waals surface area (Å²) in [6.45, 7) is 2.49. The van der Waals surface area contributed by atoms with Crippen LogP contribution in [0, 0.1) is 5.92 Å². The average Bonchev–Trinajstić information content (AvgIpc) is 2.78. The van der Waals surface area contributed by atoms with Crippen molar-refractivity contribution in [3.05, 3.63) is 17.1 Å². The Labute approximate surface area is 94.5 Å². The summed E-state index contributed by atoms with van der Waals surface area (Å²) in [5.74, 6) is 2.29.